The Hall–Kier alpha value is -5.11. The number of H-pyrrole nitrogens is 2. The van der Waals surface area contributed by atoms with Crippen LogP contribution in [0.25, 0.3) is 54.8 Å². The smallest absolute Gasteiger partial charge is 0.399 e. The van der Waals surface area contributed by atoms with Crippen molar-refractivity contribution in [3.63, 3.8) is 0 Å². The summed E-state index contributed by atoms with van der Waals surface area (Å²) >= 11 is 9.33. The number of alkyl halides is 6. The average Bonchev–Trinajstić information content (AvgIpc) is 4.25. The molecular formula is C56H64BClF6N6O3S2. The molecule has 0 unspecified atom stereocenters. The molecule has 8 heterocycles. The Bertz CT molecular complexity index is 3050. The number of pyridine rings is 2. The number of aromatic nitrogens is 6. The molecule has 0 atom stereocenters. The number of aromatic amines is 2. The van der Waals surface area contributed by atoms with E-state index in [1.807, 2.05) is 34.6 Å². The fourth-order valence-electron chi connectivity index (χ4n) is 8.44. The van der Waals surface area contributed by atoms with E-state index in [4.69, 9.17) is 25.6 Å². The van der Waals surface area contributed by atoms with E-state index in [1.165, 1.54) is 112 Å². The summed E-state index contributed by atoms with van der Waals surface area (Å²) in [5.74, 6) is 0. The topological polar surface area (TPSA) is 111 Å². The van der Waals surface area contributed by atoms with E-state index in [0.717, 1.165) is 55.0 Å². The second-order valence-corrected chi connectivity index (χ2v) is 22.2. The predicted octanol–water partition coefficient (Wildman–Crippen LogP) is 16.8. The number of rotatable bonds is 14. The van der Waals surface area contributed by atoms with Gasteiger partial charge in [-0.15, -0.1) is 22.7 Å². The highest BCUT2D eigenvalue weighted by molar-refractivity contribution is 7.24. The van der Waals surface area contributed by atoms with Gasteiger partial charge in [0.05, 0.1) is 22.6 Å². The highest BCUT2D eigenvalue weighted by atomic mass is 35.5. The highest BCUT2D eigenvalue weighted by Gasteiger charge is 2.52. The van der Waals surface area contributed by atoms with Crippen molar-refractivity contribution in [2.45, 2.75) is 142 Å². The second kappa shape index (κ2) is 25.8. The molecule has 2 aliphatic rings. The maximum Gasteiger partial charge on any atom is 0.506 e. The Kier molecular flexibility index (Phi) is 19.8. The van der Waals surface area contributed by atoms with Crippen LogP contribution in [-0.2, 0) is 39.2 Å². The third-order valence-electron chi connectivity index (χ3n) is 13.3. The third kappa shape index (κ3) is 15.1. The van der Waals surface area contributed by atoms with Gasteiger partial charge in [0.1, 0.15) is 22.8 Å². The van der Waals surface area contributed by atoms with E-state index < -0.39 is 23.7 Å². The molecule has 2 aliphatic heterocycles. The minimum atomic E-state index is -4.46. The standard InChI is InChI=1S/C23H22F3N3S.C20H29BO2S.C9H5ClF3N3.C4H8O/c1-2-3-4-5-10-20-16-8-6-7-9-17(16)22(30-20)15-11-12-27-18(13-15)19-14-21(29-28-19)23(24,25)26;1-6-7-8-9-14-17-15-12-10-11-13-16(15)18(24-17)21-22-19(2,3)20(4,5)23-21;10-5-1-2-14-6(3-5)7-4-8(16-15-7)9(11,12)13;1-2-4-5-3-1/h6-9,11-14H,2-5,10H2,1H3,(H,28,29);10-13H,6-9,14H2,1-5H3;1-4H,(H,15,16);1-4H2. The molecule has 2 saturated heterocycles. The molecule has 6 aromatic heterocycles. The summed E-state index contributed by atoms with van der Waals surface area (Å²) in [5, 5.41) is 16.8. The van der Waals surface area contributed by atoms with Gasteiger partial charge in [0, 0.05) is 55.4 Å². The quantitative estimate of drug-likeness (QED) is 0.0634. The van der Waals surface area contributed by atoms with Crippen LogP contribution >= 0.6 is 34.3 Å². The summed E-state index contributed by atoms with van der Waals surface area (Å²) in [5.41, 5.74) is -0.420. The average molecular weight is 1090 g/mol. The number of nitrogens with one attached hydrogen (secondary N) is 2. The number of unbranched alkanes of at least 4 members (excludes halogenated alkanes) is 6. The predicted molar refractivity (Wildman–Crippen MR) is 293 cm³/mol. The van der Waals surface area contributed by atoms with Gasteiger partial charge in [-0.25, -0.2) is 0 Å². The Morgan fingerprint density at radius 1 is 0.587 bits per heavy atom. The van der Waals surface area contributed by atoms with Gasteiger partial charge in [0.2, 0.25) is 0 Å². The lowest BCUT2D eigenvalue weighted by Crippen LogP contribution is -2.41. The molecule has 2 fully saturated rings. The summed E-state index contributed by atoms with van der Waals surface area (Å²) in [6.07, 6.45) is 8.90. The van der Waals surface area contributed by atoms with Gasteiger partial charge in [-0.05, 0) is 124 Å². The zero-order chi connectivity index (χ0) is 53.8. The molecular weight excluding hydrogens is 1030 g/mol. The number of benzene rings is 2. The van der Waals surface area contributed by atoms with Crippen molar-refractivity contribution in [3.05, 3.63) is 123 Å². The molecule has 0 spiro atoms. The molecule has 2 aromatic carbocycles. The van der Waals surface area contributed by atoms with E-state index in [9.17, 15) is 26.3 Å². The SMILES string of the molecule is C1CCOC1.CCCCCCc1sc(-c2ccnc(-c3cc(C(F)(F)F)[nH]n3)c2)c2ccccc12.CCCCCCc1sc(B2OC(C)(C)C(C)(C)O2)c2ccccc12.FC(F)(F)c1cc(-c2cc(Cl)ccn2)n[nH]1. The molecule has 400 valence electrons. The number of nitrogens with zero attached hydrogens (tertiary/aromatic N) is 4. The third-order valence-corrected chi connectivity index (χ3v) is 16.1. The Balaban J connectivity index is 0.000000162. The van der Waals surface area contributed by atoms with Gasteiger partial charge in [0.15, 0.2) is 0 Å². The number of hydrogen-bond donors (Lipinski definition) is 2. The van der Waals surface area contributed by atoms with Gasteiger partial charge in [-0.2, -0.15) is 36.5 Å². The van der Waals surface area contributed by atoms with Crippen molar-refractivity contribution in [3.8, 4) is 33.2 Å². The molecule has 75 heavy (non-hydrogen) atoms. The van der Waals surface area contributed by atoms with Crippen LogP contribution in [-0.4, -0.2) is 61.9 Å². The molecule has 2 N–H and O–H groups in total. The van der Waals surface area contributed by atoms with Gasteiger partial charge >= 0.3 is 19.5 Å². The number of thiophene rings is 2. The van der Waals surface area contributed by atoms with Crippen molar-refractivity contribution in [2.24, 2.45) is 0 Å². The van der Waals surface area contributed by atoms with E-state index in [2.05, 4.69) is 109 Å². The van der Waals surface area contributed by atoms with Crippen LogP contribution in [0.5, 0.6) is 0 Å². The fraction of sp³-hybridized carbons (Fsp3) is 0.429. The lowest BCUT2D eigenvalue weighted by atomic mass is 9.85. The molecule has 0 aliphatic carbocycles. The van der Waals surface area contributed by atoms with Gasteiger partial charge in [0.25, 0.3) is 0 Å². The van der Waals surface area contributed by atoms with Crippen LogP contribution in [0.2, 0.25) is 5.02 Å². The van der Waals surface area contributed by atoms with Crippen LogP contribution in [0.15, 0.2) is 97.3 Å². The summed E-state index contributed by atoms with van der Waals surface area (Å²) in [7, 11) is -0.255. The summed E-state index contributed by atoms with van der Waals surface area (Å²) in [6, 6.07) is 25.6. The molecule has 8 aromatic rings. The highest BCUT2D eigenvalue weighted by Crippen LogP contribution is 2.42. The van der Waals surface area contributed by atoms with E-state index in [1.54, 1.807) is 17.5 Å². The zero-order valence-electron chi connectivity index (χ0n) is 43.2. The summed E-state index contributed by atoms with van der Waals surface area (Å²) in [4.78, 5) is 12.1. The van der Waals surface area contributed by atoms with Crippen molar-refractivity contribution in [1.82, 2.24) is 30.4 Å². The molecule has 0 amide bonds. The largest absolute Gasteiger partial charge is 0.506 e. The number of hydrogen-bond acceptors (Lipinski definition) is 9. The molecule has 10 rings (SSSR count). The van der Waals surface area contributed by atoms with Crippen LogP contribution in [0.3, 0.4) is 0 Å². The Morgan fingerprint density at radius 3 is 1.55 bits per heavy atom. The lowest BCUT2D eigenvalue weighted by Gasteiger charge is -2.32. The second-order valence-electron chi connectivity index (χ2n) is 19.5. The van der Waals surface area contributed by atoms with Gasteiger partial charge in [-0.3, -0.25) is 20.2 Å². The van der Waals surface area contributed by atoms with Crippen LogP contribution in [0.4, 0.5) is 26.3 Å². The maximum absolute atomic E-state index is 12.9. The Labute approximate surface area is 448 Å². The van der Waals surface area contributed by atoms with Gasteiger partial charge < -0.3 is 14.0 Å². The first-order valence-corrected chi connectivity index (χ1v) is 27.6. The fourth-order valence-corrected chi connectivity index (χ4v) is 11.2. The summed E-state index contributed by atoms with van der Waals surface area (Å²) < 4.78 is 94.3. The molecule has 19 heteroatoms. The minimum Gasteiger partial charge on any atom is -0.399 e. The van der Waals surface area contributed by atoms with Crippen LogP contribution in [0.1, 0.15) is 127 Å². The van der Waals surface area contributed by atoms with E-state index in [-0.39, 0.29) is 29.7 Å². The maximum atomic E-state index is 12.9. The van der Waals surface area contributed by atoms with Crippen LogP contribution < -0.4 is 4.78 Å². The first kappa shape index (κ1) is 57.6. The normalized spacial score (nSPS) is 15.1. The number of halogens is 7. The molecule has 9 nitrogen and oxygen atoms in total. The molecule has 0 bridgehead atoms. The number of aryl methyl sites for hydroxylation is 2. The first-order chi connectivity index (χ1) is 35.8. The minimum absolute atomic E-state index is 0.106. The first-order valence-electron chi connectivity index (χ1n) is 25.6. The lowest BCUT2D eigenvalue weighted by molar-refractivity contribution is -0.142. The number of ether oxygens (including phenoxy) is 1. The van der Waals surface area contributed by atoms with E-state index >= 15 is 0 Å². The summed E-state index contributed by atoms with van der Waals surface area (Å²) in [6.45, 7) is 14.9. The van der Waals surface area contributed by atoms with Crippen molar-refractivity contribution in [2.75, 3.05) is 13.2 Å². The van der Waals surface area contributed by atoms with Crippen molar-refractivity contribution >= 4 is 67.7 Å². The van der Waals surface area contributed by atoms with Gasteiger partial charge in [-0.1, -0.05) is 113 Å². The Morgan fingerprint density at radius 2 is 1.07 bits per heavy atom. The van der Waals surface area contributed by atoms with Crippen molar-refractivity contribution in [1.29, 1.82) is 0 Å². The molecule has 0 saturated carbocycles. The van der Waals surface area contributed by atoms with E-state index in [0.29, 0.717) is 16.4 Å². The monoisotopic (exact) mass is 1090 g/mol. The molecule has 0 radical (unpaired) electrons. The van der Waals surface area contributed by atoms with Crippen LogP contribution in [0, 0.1) is 0 Å². The van der Waals surface area contributed by atoms with Crippen molar-refractivity contribution < 1.29 is 40.4 Å². The number of fused-ring (bicyclic) bond motifs is 2. The zero-order valence-corrected chi connectivity index (χ0v) is 45.6.